The average Bonchev–Trinajstić information content (AvgIpc) is 2.65. The lowest BCUT2D eigenvalue weighted by Gasteiger charge is -2.08. The molecule has 2 rings (SSSR count). The topological polar surface area (TPSA) is 60.2 Å². The van der Waals surface area contributed by atoms with E-state index in [1.807, 2.05) is 19.9 Å². The highest BCUT2D eigenvalue weighted by molar-refractivity contribution is 5.69. The van der Waals surface area contributed by atoms with Crippen LogP contribution in [0.25, 0.3) is 0 Å². The summed E-state index contributed by atoms with van der Waals surface area (Å²) < 4.78 is 10.2. The third kappa shape index (κ3) is 2.08. The van der Waals surface area contributed by atoms with E-state index < -0.39 is 6.09 Å². The highest BCUT2D eigenvalue weighted by Crippen LogP contribution is 2.45. The van der Waals surface area contributed by atoms with Crippen LogP contribution >= 0.6 is 0 Å². The molecule has 0 saturated heterocycles. The van der Waals surface area contributed by atoms with Gasteiger partial charge in [-0.15, -0.1) is 5.11 Å². The lowest BCUT2D eigenvalue weighted by atomic mass is 9.94. The number of fused-ring (bicyclic) bond motifs is 1. The van der Waals surface area contributed by atoms with Crippen LogP contribution in [0.3, 0.4) is 0 Å². The maximum Gasteiger partial charge on any atom is 0.452 e. The number of aryl methyl sites for hydroxylation is 1. The van der Waals surface area contributed by atoms with Crippen molar-refractivity contribution < 1.29 is 14.3 Å². The molecule has 1 amide bonds. The summed E-state index contributed by atoms with van der Waals surface area (Å²) >= 11 is 0. The van der Waals surface area contributed by atoms with Crippen LogP contribution in [-0.4, -0.2) is 19.3 Å². The van der Waals surface area contributed by atoms with E-state index in [0.29, 0.717) is 11.6 Å². The van der Waals surface area contributed by atoms with Crippen molar-refractivity contribution in [2.45, 2.75) is 32.8 Å². The number of methoxy groups -OCH3 is 1. The average molecular weight is 248 g/mol. The van der Waals surface area contributed by atoms with Gasteiger partial charge in [0.15, 0.2) is 5.75 Å². The first-order valence-corrected chi connectivity index (χ1v) is 5.84. The van der Waals surface area contributed by atoms with Crippen LogP contribution in [0.15, 0.2) is 22.4 Å². The van der Waals surface area contributed by atoms with Crippen LogP contribution in [0.1, 0.15) is 30.9 Å². The molecule has 5 heteroatoms. The van der Waals surface area contributed by atoms with E-state index in [1.165, 1.54) is 12.7 Å². The standard InChI is InChI=1S/C13H16N2O3/c1-7-5-6-10(14-15-13(16)17-4)12-11(7)8(2)9(3)18-12/h5-6,8-9H,1-4H3. The van der Waals surface area contributed by atoms with Crippen molar-refractivity contribution in [3.8, 4) is 5.75 Å². The molecular weight excluding hydrogens is 232 g/mol. The summed E-state index contributed by atoms with van der Waals surface area (Å²) in [7, 11) is 1.27. The first kappa shape index (κ1) is 12.5. The molecule has 1 aromatic rings. The molecule has 0 aromatic heterocycles. The van der Waals surface area contributed by atoms with Crippen LogP contribution in [0.2, 0.25) is 0 Å². The molecule has 0 saturated carbocycles. The third-order valence-corrected chi connectivity index (χ3v) is 3.27. The molecule has 0 radical (unpaired) electrons. The number of azo groups is 1. The van der Waals surface area contributed by atoms with Crippen LogP contribution in [-0.2, 0) is 4.74 Å². The van der Waals surface area contributed by atoms with Gasteiger partial charge in [0.1, 0.15) is 11.8 Å². The molecular formula is C13H16N2O3. The molecule has 1 aliphatic rings. The van der Waals surface area contributed by atoms with E-state index in [2.05, 4.69) is 21.9 Å². The molecule has 0 fully saturated rings. The van der Waals surface area contributed by atoms with Crippen molar-refractivity contribution >= 4 is 11.8 Å². The van der Waals surface area contributed by atoms with Gasteiger partial charge in [0.2, 0.25) is 0 Å². The summed E-state index contributed by atoms with van der Waals surface area (Å²) in [6, 6.07) is 3.76. The number of rotatable bonds is 1. The van der Waals surface area contributed by atoms with Gasteiger partial charge in [0.05, 0.1) is 7.11 Å². The molecule has 0 bridgehead atoms. The monoisotopic (exact) mass is 248 g/mol. The van der Waals surface area contributed by atoms with E-state index in [4.69, 9.17) is 4.74 Å². The Labute approximate surface area is 106 Å². The first-order valence-electron chi connectivity index (χ1n) is 5.84. The van der Waals surface area contributed by atoms with Crippen LogP contribution in [0, 0.1) is 6.92 Å². The van der Waals surface area contributed by atoms with E-state index in [9.17, 15) is 4.79 Å². The van der Waals surface area contributed by atoms with Gasteiger partial charge < -0.3 is 9.47 Å². The predicted molar refractivity (Wildman–Crippen MR) is 66.6 cm³/mol. The largest absolute Gasteiger partial charge is 0.487 e. The van der Waals surface area contributed by atoms with Crippen LogP contribution in [0.4, 0.5) is 10.5 Å². The molecule has 0 spiro atoms. The molecule has 2 atom stereocenters. The summed E-state index contributed by atoms with van der Waals surface area (Å²) in [6.45, 7) is 6.17. The Morgan fingerprint density at radius 3 is 2.78 bits per heavy atom. The van der Waals surface area contributed by atoms with Crippen molar-refractivity contribution in [2.24, 2.45) is 10.2 Å². The second-order valence-electron chi connectivity index (χ2n) is 4.43. The Hall–Kier alpha value is -1.91. The molecule has 1 aromatic carbocycles. The van der Waals surface area contributed by atoms with Gasteiger partial charge in [0.25, 0.3) is 0 Å². The number of nitrogens with zero attached hydrogens (tertiary/aromatic N) is 2. The lowest BCUT2D eigenvalue weighted by molar-refractivity contribution is 0.180. The smallest absolute Gasteiger partial charge is 0.452 e. The summed E-state index contributed by atoms with van der Waals surface area (Å²) in [5.74, 6) is 1.04. The van der Waals surface area contributed by atoms with Crippen LogP contribution in [0.5, 0.6) is 5.75 Å². The molecule has 2 unspecified atom stereocenters. The number of benzene rings is 1. The molecule has 96 valence electrons. The van der Waals surface area contributed by atoms with Crippen molar-refractivity contribution in [1.29, 1.82) is 0 Å². The van der Waals surface area contributed by atoms with E-state index in [-0.39, 0.29) is 6.10 Å². The third-order valence-electron chi connectivity index (χ3n) is 3.27. The minimum absolute atomic E-state index is 0.105. The number of hydrogen-bond donors (Lipinski definition) is 0. The highest BCUT2D eigenvalue weighted by Gasteiger charge is 2.31. The Bertz CT molecular complexity index is 511. The van der Waals surface area contributed by atoms with Gasteiger partial charge >= 0.3 is 6.09 Å². The fraction of sp³-hybridized carbons (Fsp3) is 0.462. The zero-order valence-corrected chi connectivity index (χ0v) is 10.9. The Morgan fingerprint density at radius 2 is 2.11 bits per heavy atom. The Balaban J connectivity index is 2.41. The SMILES string of the molecule is COC(=O)N=Nc1ccc(C)c2c1OC(C)C2C. The number of amides is 1. The summed E-state index contributed by atoms with van der Waals surface area (Å²) in [6.07, 6.45) is -0.614. The van der Waals surface area contributed by atoms with E-state index >= 15 is 0 Å². The fourth-order valence-electron chi connectivity index (χ4n) is 2.11. The van der Waals surface area contributed by atoms with Gasteiger partial charge in [0, 0.05) is 11.5 Å². The van der Waals surface area contributed by atoms with Gasteiger partial charge in [-0.25, -0.2) is 4.79 Å². The van der Waals surface area contributed by atoms with Crippen LogP contribution < -0.4 is 4.74 Å². The number of ether oxygens (including phenoxy) is 2. The summed E-state index contributed by atoms with van der Waals surface area (Å²) in [4.78, 5) is 11.0. The summed E-state index contributed by atoms with van der Waals surface area (Å²) in [5, 5.41) is 7.34. The quantitative estimate of drug-likeness (QED) is 0.711. The fourth-order valence-corrected chi connectivity index (χ4v) is 2.11. The first-order chi connectivity index (χ1) is 8.54. The van der Waals surface area contributed by atoms with Gasteiger partial charge in [-0.2, -0.15) is 0 Å². The van der Waals surface area contributed by atoms with Gasteiger partial charge in [-0.05, 0) is 25.5 Å². The maximum atomic E-state index is 11.0. The molecule has 0 aliphatic carbocycles. The molecule has 18 heavy (non-hydrogen) atoms. The maximum absolute atomic E-state index is 11.0. The minimum atomic E-state index is -0.719. The number of hydrogen-bond acceptors (Lipinski definition) is 4. The Morgan fingerprint density at radius 1 is 1.39 bits per heavy atom. The zero-order chi connectivity index (χ0) is 13.3. The lowest BCUT2D eigenvalue weighted by Crippen LogP contribution is -2.10. The second-order valence-corrected chi connectivity index (χ2v) is 4.43. The highest BCUT2D eigenvalue weighted by atomic mass is 16.5. The van der Waals surface area contributed by atoms with Crippen molar-refractivity contribution in [1.82, 2.24) is 0 Å². The molecule has 1 aliphatic heterocycles. The normalized spacial score (nSPS) is 21.8. The van der Waals surface area contributed by atoms with Crippen molar-refractivity contribution in [3.63, 3.8) is 0 Å². The molecule has 5 nitrogen and oxygen atoms in total. The van der Waals surface area contributed by atoms with Gasteiger partial charge in [-0.1, -0.05) is 18.1 Å². The van der Waals surface area contributed by atoms with Crippen molar-refractivity contribution in [3.05, 3.63) is 23.3 Å². The van der Waals surface area contributed by atoms with Crippen molar-refractivity contribution in [2.75, 3.05) is 7.11 Å². The summed E-state index contributed by atoms with van der Waals surface area (Å²) in [5.41, 5.74) is 2.87. The predicted octanol–water partition coefficient (Wildman–Crippen LogP) is 3.73. The second kappa shape index (κ2) is 4.76. The molecule has 1 heterocycles. The van der Waals surface area contributed by atoms with E-state index in [0.717, 1.165) is 11.3 Å². The van der Waals surface area contributed by atoms with E-state index in [1.54, 1.807) is 6.07 Å². The van der Waals surface area contributed by atoms with Gasteiger partial charge in [-0.3, -0.25) is 0 Å². The minimum Gasteiger partial charge on any atom is -0.487 e. The number of carbonyl (C=O) groups is 1. The Kier molecular flexibility index (Phi) is 3.32. The molecule has 0 N–H and O–H groups in total. The number of carbonyl (C=O) groups excluding carboxylic acids is 1. The zero-order valence-electron chi connectivity index (χ0n) is 10.9.